The second kappa shape index (κ2) is 4.44. The van der Waals surface area contributed by atoms with Crippen molar-refractivity contribution in [3.05, 3.63) is 41.7 Å². The number of methoxy groups -OCH3 is 1. The number of aryl methyl sites for hydroxylation is 1. The lowest BCUT2D eigenvalue weighted by Crippen LogP contribution is -2.10. The van der Waals surface area contributed by atoms with Gasteiger partial charge in [0.2, 0.25) is 5.95 Å². The smallest absolute Gasteiger partial charge is 0.222 e. The Bertz CT molecular complexity index is 826. The van der Waals surface area contributed by atoms with Gasteiger partial charge in [-0.05, 0) is 36.1 Å². The third-order valence-electron chi connectivity index (χ3n) is 4.04. The van der Waals surface area contributed by atoms with E-state index in [-0.39, 0.29) is 12.0 Å². The molecule has 6 heteroatoms. The zero-order valence-corrected chi connectivity index (χ0v) is 11.7. The van der Waals surface area contributed by atoms with E-state index in [1.165, 1.54) is 11.1 Å². The van der Waals surface area contributed by atoms with Gasteiger partial charge in [-0.2, -0.15) is 10.1 Å². The first-order valence-corrected chi connectivity index (χ1v) is 6.89. The first-order chi connectivity index (χ1) is 10.3. The highest BCUT2D eigenvalue weighted by Crippen LogP contribution is 2.37. The zero-order valence-electron chi connectivity index (χ0n) is 11.7. The van der Waals surface area contributed by atoms with Crippen molar-refractivity contribution in [2.45, 2.75) is 18.9 Å². The second-order valence-electron chi connectivity index (χ2n) is 5.22. The lowest BCUT2D eigenvalue weighted by Gasteiger charge is -2.13. The molecule has 2 aromatic heterocycles. The van der Waals surface area contributed by atoms with Gasteiger partial charge in [0.25, 0.3) is 0 Å². The van der Waals surface area contributed by atoms with Crippen LogP contribution in [0.5, 0.6) is 5.75 Å². The van der Waals surface area contributed by atoms with Gasteiger partial charge in [0.05, 0.1) is 24.7 Å². The molecule has 4 rings (SSSR count). The van der Waals surface area contributed by atoms with Crippen LogP contribution in [-0.4, -0.2) is 26.9 Å². The molecule has 0 fully saturated rings. The van der Waals surface area contributed by atoms with E-state index in [0.29, 0.717) is 0 Å². The van der Waals surface area contributed by atoms with Crippen molar-refractivity contribution in [3.8, 4) is 5.75 Å². The maximum atomic E-state index is 5.70. The summed E-state index contributed by atoms with van der Waals surface area (Å²) in [5.74, 6) is 1.17. The Morgan fingerprint density at radius 3 is 3.10 bits per heavy atom. The Kier molecular flexibility index (Phi) is 2.57. The number of benzene rings is 1. The zero-order chi connectivity index (χ0) is 14.4. The maximum absolute atomic E-state index is 5.70. The highest BCUT2D eigenvalue weighted by Gasteiger charge is 2.26. The maximum Gasteiger partial charge on any atom is 0.222 e. The molecule has 0 amide bonds. The third kappa shape index (κ3) is 1.83. The number of nitrogens with two attached hydrogens (primary N) is 1. The fraction of sp³-hybridized carbons (Fsp3) is 0.267. The van der Waals surface area contributed by atoms with E-state index in [2.05, 4.69) is 27.2 Å². The lowest BCUT2D eigenvalue weighted by atomic mass is 10.1. The third-order valence-corrected chi connectivity index (χ3v) is 4.04. The minimum atomic E-state index is 0.192. The van der Waals surface area contributed by atoms with Crippen LogP contribution in [0.2, 0.25) is 0 Å². The lowest BCUT2D eigenvalue weighted by molar-refractivity contribution is 0.414. The molecule has 0 saturated carbocycles. The minimum Gasteiger partial charge on any atom is -0.497 e. The minimum absolute atomic E-state index is 0.192. The van der Waals surface area contributed by atoms with Gasteiger partial charge in [-0.25, -0.2) is 9.67 Å². The SMILES string of the molecule is COc1ccc2c(c1)CCC2n1ncc2cnc(N)nc21. The average Bonchev–Trinajstić information content (AvgIpc) is 3.09. The van der Waals surface area contributed by atoms with Crippen LogP contribution >= 0.6 is 0 Å². The van der Waals surface area contributed by atoms with Crippen molar-refractivity contribution >= 4 is 17.0 Å². The number of fused-ring (bicyclic) bond motifs is 2. The van der Waals surface area contributed by atoms with E-state index in [1.54, 1.807) is 19.5 Å². The van der Waals surface area contributed by atoms with Crippen LogP contribution in [0, 0.1) is 0 Å². The fourth-order valence-corrected chi connectivity index (χ4v) is 3.03. The monoisotopic (exact) mass is 281 g/mol. The van der Waals surface area contributed by atoms with Crippen LogP contribution < -0.4 is 10.5 Å². The summed E-state index contributed by atoms with van der Waals surface area (Å²) in [7, 11) is 1.69. The van der Waals surface area contributed by atoms with Crippen molar-refractivity contribution in [2.24, 2.45) is 0 Å². The molecular weight excluding hydrogens is 266 g/mol. The van der Waals surface area contributed by atoms with Gasteiger partial charge in [-0.1, -0.05) is 6.07 Å². The summed E-state index contributed by atoms with van der Waals surface area (Å²) in [6.45, 7) is 0. The Morgan fingerprint density at radius 1 is 1.33 bits per heavy atom. The molecule has 1 unspecified atom stereocenters. The Balaban J connectivity index is 1.83. The molecule has 0 spiro atoms. The van der Waals surface area contributed by atoms with E-state index in [0.717, 1.165) is 29.6 Å². The number of hydrogen-bond donors (Lipinski definition) is 1. The molecule has 21 heavy (non-hydrogen) atoms. The second-order valence-corrected chi connectivity index (χ2v) is 5.22. The largest absolute Gasteiger partial charge is 0.497 e. The molecule has 6 nitrogen and oxygen atoms in total. The van der Waals surface area contributed by atoms with Crippen LogP contribution in [0.4, 0.5) is 5.95 Å². The van der Waals surface area contributed by atoms with Crippen LogP contribution in [-0.2, 0) is 6.42 Å². The highest BCUT2D eigenvalue weighted by atomic mass is 16.5. The molecule has 1 aliphatic rings. The molecule has 3 aromatic rings. The molecule has 0 saturated heterocycles. The first kappa shape index (κ1) is 12.1. The summed E-state index contributed by atoms with van der Waals surface area (Å²) in [4.78, 5) is 8.34. The summed E-state index contributed by atoms with van der Waals surface area (Å²) in [6, 6.07) is 6.40. The van der Waals surface area contributed by atoms with Gasteiger partial charge in [0.15, 0.2) is 5.65 Å². The van der Waals surface area contributed by atoms with Gasteiger partial charge in [0, 0.05) is 6.20 Å². The number of aromatic nitrogens is 4. The average molecular weight is 281 g/mol. The standard InChI is InChI=1S/C15H15N5O/c1-21-11-3-4-12-9(6-11)2-5-13(12)20-14-10(8-18-20)7-17-15(16)19-14/h3-4,6-8,13H,2,5H2,1H3,(H2,16,17,19). The number of rotatable bonds is 2. The molecule has 1 aliphatic carbocycles. The van der Waals surface area contributed by atoms with Crippen molar-refractivity contribution < 1.29 is 4.74 Å². The van der Waals surface area contributed by atoms with Crippen LogP contribution in [0.25, 0.3) is 11.0 Å². The van der Waals surface area contributed by atoms with E-state index in [1.807, 2.05) is 10.7 Å². The highest BCUT2D eigenvalue weighted by molar-refractivity contribution is 5.74. The normalized spacial score (nSPS) is 17.1. The summed E-state index contributed by atoms with van der Waals surface area (Å²) in [6.07, 6.45) is 5.52. The summed E-state index contributed by atoms with van der Waals surface area (Å²) < 4.78 is 7.24. The molecule has 1 aromatic carbocycles. The van der Waals surface area contributed by atoms with Crippen molar-refractivity contribution in [3.63, 3.8) is 0 Å². The van der Waals surface area contributed by atoms with E-state index in [9.17, 15) is 0 Å². The van der Waals surface area contributed by atoms with Gasteiger partial charge < -0.3 is 10.5 Å². The van der Waals surface area contributed by atoms with Gasteiger partial charge in [-0.3, -0.25) is 0 Å². The number of nitrogen functional groups attached to an aromatic ring is 1. The molecule has 0 radical (unpaired) electrons. The van der Waals surface area contributed by atoms with Gasteiger partial charge >= 0.3 is 0 Å². The number of hydrogen-bond acceptors (Lipinski definition) is 5. The summed E-state index contributed by atoms with van der Waals surface area (Å²) >= 11 is 0. The molecule has 0 aliphatic heterocycles. The molecular formula is C15H15N5O. The first-order valence-electron chi connectivity index (χ1n) is 6.89. The summed E-state index contributed by atoms with van der Waals surface area (Å²) in [5.41, 5.74) is 9.08. The quantitative estimate of drug-likeness (QED) is 0.776. The Morgan fingerprint density at radius 2 is 2.24 bits per heavy atom. The fourth-order valence-electron chi connectivity index (χ4n) is 3.03. The number of ether oxygens (including phenoxy) is 1. The Hall–Kier alpha value is -2.63. The van der Waals surface area contributed by atoms with Crippen LogP contribution in [0.15, 0.2) is 30.6 Å². The predicted molar refractivity (Wildman–Crippen MR) is 79.2 cm³/mol. The van der Waals surface area contributed by atoms with Crippen LogP contribution in [0.1, 0.15) is 23.6 Å². The van der Waals surface area contributed by atoms with Crippen molar-refractivity contribution in [1.82, 2.24) is 19.7 Å². The van der Waals surface area contributed by atoms with Crippen molar-refractivity contribution in [2.75, 3.05) is 12.8 Å². The number of anilines is 1. The molecule has 0 bridgehead atoms. The van der Waals surface area contributed by atoms with Crippen LogP contribution in [0.3, 0.4) is 0 Å². The van der Waals surface area contributed by atoms with E-state index >= 15 is 0 Å². The van der Waals surface area contributed by atoms with Gasteiger partial charge in [-0.15, -0.1) is 0 Å². The summed E-state index contributed by atoms with van der Waals surface area (Å²) in [5, 5.41) is 5.40. The molecule has 2 N–H and O–H groups in total. The topological polar surface area (TPSA) is 78.8 Å². The van der Waals surface area contributed by atoms with Gasteiger partial charge in [0.1, 0.15) is 5.75 Å². The molecule has 2 heterocycles. The Labute approximate surface area is 121 Å². The molecule has 1 atom stereocenters. The molecule has 106 valence electrons. The van der Waals surface area contributed by atoms with E-state index in [4.69, 9.17) is 10.5 Å². The van der Waals surface area contributed by atoms with E-state index < -0.39 is 0 Å². The number of nitrogens with zero attached hydrogens (tertiary/aromatic N) is 4. The van der Waals surface area contributed by atoms with Crippen molar-refractivity contribution in [1.29, 1.82) is 0 Å². The predicted octanol–water partition coefficient (Wildman–Crippen LogP) is 1.95.